The molecule has 1 atom stereocenters. The smallest absolute Gasteiger partial charge is 0.327 e. The van der Waals surface area contributed by atoms with Crippen LogP contribution in [-0.2, 0) is 9.53 Å². The van der Waals surface area contributed by atoms with Gasteiger partial charge in [-0.25, -0.2) is 9.78 Å². The standard InChI is InChI=1S/C21H33N5O3/c1-14(15-6-8-16(9-7-15)20(27)29-5)26-19-17(22-21(26)28)10-11-18(23-19)25(4)13-12-24(2)3/h10-11,14-16H,6-9,12-13H2,1-5H3,(H,22,28)/t14?,15-,16-. The number of likely N-dealkylation sites (N-methyl/N-ethyl adjacent to an activating group) is 2. The van der Waals surface area contributed by atoms with Crippen LogP contribution in [0.15, 0.2) is 16.9 Å². The number of anilines is 1. The Labute approximate surface area is 171 Å². The molecule has 0 aromatic carbocycles. The zero-order valence-corrected chi connectivity index (χ0v) is 18.1. The molecule has 2 heterocycles. The van der Waals surface area contributed by atoms with Gasteiger partial charge in [0.1, 0.15) is 5.82 Å². The third-order valence-electron chi connectivity index (χ3n) is 6.22. The second-order valence-electron chi connectivity index (χ2n) is 8.44. The lowest BCUT2D eigenvalue weighted by Crippen LogP contribution is -2.31. The van der Waals surface area contributed by atoms with Crippen LogP contribution in [0.5, 0.6) is 0 Å². The summed E-state index contributed by atoms with van der Waals surface area (Å²) in [5, 5.41) is 0. The number of pyridine rings is 1. The predicted molar refractivity (Wildman–Crippen MR) is 114 cm³/mol. The molecule has 0 spiro atoms. The van der Waals surface area contributed by atoms with Gasteiger partial charge in [0, 0.05) is 26.2 Å². The van der Waals surface area contributed by atoms with Crippen molar-refractivity contribution in [3.8, 4) is 0 Å². The Kier molecular flexibility index (Phi) is 6.62. The molecule has 1 aliphatic rings. The molecule has 2 aromatic heterocycles. The van der Waals surface area contributed by atoms with Gasteiger partial charge in [-0.1, -0.05) is 0 Å². The van der Waals surface area contributed by atoms with Gasteiger partial charge in [0.15, 0.2) is 5.65 Å². The largest absolute Gasteiger partial charge is 0.469 e. The lowest BCUT2D eigenvalue weighted by atomic mass is 9.79. The number of nitrogens with zero attached hydrogens (tertiary/aromatic N) is 4. The minimum atomic E-state index is -0.122. The van der Waals surface area contributed by atoms with Crippen LogP contribution in [0, 0.1) is 11.8 Å². The lowest BCUT2D eigenvalue weighted by Gasteiger charge is -2.31. The van der Waals surface area contributed by atoms with Gasteiger partial charge in [-0.15, -0.1) is 0 Å². The first-order valence-electron chi connectivity index (χ1n) is 10.4. The Hall–Kier alpha value is -2.35. The van der Waals surface area contributed by atoms with Crippen molar-refractivity contribution in [2.24, 2.45) is 11.8 Å². The number of aromatic amines is 1. The summed E-state index contributed by atoms with van der Waals surface area (Å²) in [6.07, 6.45) is 3.43. The zero-order valence-electron chi connectivity index (χ0n) is 18.1. The van der Waals surface area contributed by atoms with E-state index in [1.807, 2.05) is 33.3 Å². The van der Waals surface area contributed by atoms with Crippen LogP contribution >= 0.6 is 0 Å². The molecule has 0 aliphatic heterocycles. The molecule has 2 aromatic rings. The van der Waals surface area contributed by atoms with Gasteiger partial charge in [-0.3, -0.25) is 9.36 Å². The molecule has 0 amide bonds. The molecule has 1 aliphatic carbocycles. The summed E-state index contributed by atoms with van der Waals surface area (Å²) in [5.74, 6) is 1.06. The molecule has 3 rings (SSSR count). The molecule has 1 N–H and O–H groups in total. The molecule has 1 fully saturated rings. The normalized spacial score (nSPS) is 20.8. The first kappa shape index (κ1) is 21.4. The zero-order chi connectivity index (χ0) is 21.1. The maximum absolute atomic E-state index is 12.7. The van der Waals surface area contributed by atoms with Crippen molar-refractivity contribution in [2.75, 3.05) is 46.2 Å². The molecule has 0 bridgehead atoms. The molecule has 1 unspecified atom stereocenters. The van der Waals surface area contributed by atoms with E-state index in [1.165, 1.54) is 7.11 Å². The number of nitrogens with one attached hydrogen (secondary N) is 1. The molecule has 8 nitrogen and oxygen atoms in total. The van der Waals surface area contributed by atoms with Crippen molar-refractivity contribution in [2.45, 2.75) is 38.6 Å². The van der Waals surface area contributed by atoms with Gasteiger partial charge in [0.25, 0.3) is 0 Å². The van der Waals surface area contributed by atoms with Crippen LogP contribution in [0.4, 0.5) is 5.82 Å². The van der Waals surface area contributed by atoms with Crippen LogP contribution in [0.2, 0.25) is 0 Å². The number of carbonyl (C=O) groups excluding carboxylic acids is 1. The van der Waals surface area contributed by atoms with E-state index >= 15 is 0 Å². The summed E-state index contributed by atoms with van der Waals surface area (Å²) >= 11 is 0. The maximum atomic E-state index is 12.7. The Morgan fingerprint density at radius 3 is 2.55 bits per heavy atom. The van der Waals surface area contributed by atoms with Crippen molar-refractivity contribution in [1.82, 2.24) is 19.4 Å². The summed E-state index contributed by atoms with van der Waals surface area (Å²) < 4.78 is 6.68. The van der Waals surface area contributed by atoms with Crippen LogP contribution in [-0.4, -0.2) is 66.7 Å². The third kappa shape index (κ3) is 4.63. The van der Waals surface area contributed by atoms with Crippen molar-refractivity contribution in [1.29, 1.82) is 0 Å². The first-order chi connectivity index (χ1) is 13.8. The van der Waals surface area contributed by atoms with Gasteiger partial charge in [-0.05, 0) is 64.8 Å². The number of fused-ring (bicyclic) bond motifs is 1. The number of hydrogen-bond acceptors (Lipinski definition) is 6. The second-order valence-corrected chi connectivity index (χ2v) is 8.44. The van der Waals surface area contributed by atoms with Gasteiger partial charge < -0.3 is 19.5 Å². The van der Waals surface area contributed by atoms with E-state index in [0.717, 1.165) is 50.1 Å². The predicted octanol–water partition coefficient (Wildman–Crippen LogP) is 2.26. The highest BCUT2D eigenvalue weighted by Crippen LogP contribution is 2.36. The average molecular weight is 404 g/mol. The summed E-state index contributed by atoms with van der Waals surface area (Å²) in [4.78, 5) is 36.5. The molecule has 29 heavy (non-hydrogen) atoms. The number of imidazole rings is 1. The fourth-order valence-electron chi connectivity index (χ4n) is 4.26. The highest BCUT2D eigenvalue weighted by molar-refractivity contribution is 5.73. The number of carbonyl (C=O) groups is 1. The van der Waals surface area contributed by atoms with Crippen LogP contribution in [0.25, 0.3) is 11.2 Å². The number of H-pyrrole nitrogens is 1. The summed E-state index contributed by atoms with van der Waals surface area (Å²) in [5.41, 5.74) is 1.34. The average Bonchev–Trinajstić information content (AvgIpc) is 3.05. The number of hydrogen-bond donors (Lipinski definition) is 1. The Morgan fingerprint density at radius 2 is 1.93 bits per heavy atom. The van der Waals surface area contributed by atoms with Crippen LogP contribution in [0.3, 0.4) is 0 Å². The lowest BCUT2D eigenvalue weighted by molar-refractivity contribution is -0.146. The number of methoxy groups -OCH3 is 1. The van der Waals surface area contributed by atoms with Crippen molar-refractivity contribution < 1.29 is 9.53 Å². The number of esters is 1. The van der Waals surface area contributed by atoms with Crippen LogP contribution < -0.4 is 10.6 Å². The van der Waals surface area contributed by atoms with E-state index in [9.17, 15) is 9.59 Å². The minimum absolute atomic E-state index is 0.0155. The van der Waals surface area contributed by atoms with E-state index in [4.69, 9.17) is 9.72 Å². The molecule has 0 saturated heterocycles. The number of aromatic nitrogens is 3. The fraction of sp³-hybridized carbons (Fsp3) is 0.667. The second kappa shape index (κ2) is 8.98. The fourth-order valence-corrected chi connectivity index (χ4v) is 4.26. The maximum Gasteiger partial charge on any atom is 0.327 e. The Balaban J connectivity index is 1.81. The third-order valence-corrected chi connectivity index (χ3v) is 6.22. The molecule has 160 valence electrons. The van der Waals surface area contributed by atoms with Crippen molar-refractivity contribution in [3.05, 3.63) is 22.6 Å². The summed E-state index contributed by atoms with van der Waals surface area (Å²) in [6, 6.07) is 3.90. The van der Waals surface area contributed by atoms with Crippen molar-refractivity contribution >= 4 is 23.0 Å². The number of ether oxygens (including phenoxy) is 1. The molecule has 0 radical (unpaired) electrons. The SMILES string of the molecule is COC(=O)[C@H]1CC[C@H](C(C)n2c(=O)[nH]c3ccc(N(C)CCN(C)C)nc32)CC1. The molecular weight excluding hydrogens is 370 g/mol. The van der Waals surface area contributed by atoms with Crippen LogP contribution in [0.1, 0.15) is 38.6 Å². The van der Waals surface area contributed by atoms with E-state index in [2.05, 4.69) is 21.7 Å². The quantitative estimate of drug-likeness (QED) is 0.714. The Bertz CT molecular complexity index is 895. The van der Waals surface area contributed by atoms with E-state index in [-0.39, 0.29) is 23.6 Å². The first-order valence-corrected chi connectivity index (χ1v) is 10.4. The highest BCUT2D eigenvalue weighted by Gasteiger charge is 2.31. The monoisotopic (exact) mass is 403 g/mol. The number of rotatable bonds is 7. The van der Waals surface area contributed by atoms with Crippen molar-refractivity contribution in [3.63, 3.8) is 0 Å². The van der Waals surface area contributed by atoms with E-state index < -0.39 is 0 Å². The topological polar surface area (TPSA) is 83.5 Å². The van der Waals surface area contributed by atoms with Gasteiger partial charge in [-0.2, -0.15) is 0 Å². The highest BCUT2D eigenvalue weighted by atomic mass is 16.5. The van der Waals surface area contributed by atoms with E-state index in [1.54, 1.807) is 4.57 Å². The summed E-state index contributed by atoms with van der Waals surface area (Å²) in [6.45, 7) is 3.87. The molecule has 8 heteroatoms. The van der Waals surface area contributed by atoms with Gasteiger partial charge >= 0.3 is 11.7 Å². The Morgan fingerprint density at radius 1 is 1.24 bits per heavy atom. The minimum Gasteiger partial charge on any atom is -0.469 e. The van der Waals surface area contributed by atoms with Gasteiger partial charge in [0.2, 0.25) is 0 Å². The molecular formula is C21H33N5O3. The summed E-state index contributed by atoms with van der Waals surface area (Å²) in [7, 11) is 7.56. The molecule has 1 saturated carbocycles. The van der Waals surface area contributed by atoms with Gasteiger partial charge in [0.05, 0.1) is 18.5 Å². The van der Waals surface area contributed by atoms with E-state index in [0.29, 0.717) is 11.6 Å².